The quantitative estimate of drug-likeness (QED) is 0.630. The summed E-state index contributed by atoms with van der Waals surface area (Å²) in [7, 11) is 1.46. The van der Waals surface area contributed by atoms with Crippen LogP contribution in [0.4, 0.5) is 4.39 Å². The molecule has 5 heteroatoms. The van der Waals surface area contributed by atoms with Crippen LogP contribution in [0.5, 0.6) is 5.75 Å². The molecule has 2 rings (SSSR count). The van der Waals surface area contributed by atoms with Gasteiger partial charge in [-0.3, -0.25) is 0 Å². The molecule has 1 aromatic carbocycles. The number of hydrogen-bond donors (Lipinski definition) is 0. The third-order valence-corrected chi connectivity index (χ3v) is 5.86. The monoisotopic (exact) mass is 392 g/mol. The van der Waals surface area contributed by atoms with Crippen molar-refractivity contribution in [3.05, 3.63) is 49.9 Å². The Hall–Kier alpha value is -0.390. The summed E-state index contributed by atoms with van der Waals surface area (Å²) in [5.74, 6) is -0.0799. The molecule has 0 saturated carbocycles. The lowest BCUT2D eigenvalue weighted by Gasteiger charge is -2.10. The Balaban J connectivity index is 2.37. The molecule has 0 bridgehead atoms. The van der Waals surface area contributed by atoms with Crippen molar-refractivity contribution in [2.24, 2.45) is 0 Å². The summed E-state index contributed by atoms with van der Waals surface area (Å²) in [6.07, 6.45) is 0. The molecule has 2 aromatic rings. The normalized spacial score (nSPS) is 12.5. The predicted molar refractivity (Wildman–Crippen MR) is 80.5 cm³/mol. The van der Waals surface area contributed by atoms with Gasteiger partial charge in [0, 0.05) is 14.2 Å². The summed E-state index contributed by atoms with van der Waals surface area (Å²) < 4.78 is 19.6. The van der Waals surface area contributed by atoms with Gasteiger partial charge >= 0.3 is 0 Å². The van der Waals surface area contributed by atoms with Crippen LogP contribution < -0.4 is 4.74 Å². The Kier molecular flexibility index (Phi) is 4.45. The van der Waals surface area contributed by atoms with Crippen LogP contribution in [0.2, 0.25) is 0 Å². The Labute approximate surface area is 126 Å². The summed E-state index contributed by atoms with van der Waals surface area (Å²) in [4.78, 5) is 2.33. The van der Waals surface area contributed by atoms with Gasteiger partial charge in [0.1, 0.15) is 0 Å². The zero-order valence-corrected chi connectivity index (χ0v) is 13.8. The number of benzene rings is 1. The molecule has 0 aliphatic carbocycles. The molecule has 0 amide bonds. The first-order valence-electron chi connectivity index (χ1n) is 5.26. The highest BCUT2D eigenvalue weighted by molar-refractivity contribution is 9.11. The number of hydrogen-bond acceptors (Lipinski definition) is 2. The zero-order valence-electron chi connectivity index (χ0n) is 9.84. The van der Waals surface area contributed by atoms with Crippen molar-refractivity contribution in [3.8, 4) is 5.75 Å². The van der Waals surface area contributed by atoms with Crippen LogP contribution in [0.1, 0.15) is 20.1 Å². The Morgan fingerprint density at radius 3 is 2.56 bits per heavy atom. The lowest BCUT2D eigenvalue weighted by Crippen LogP contribution is -1.94. The van der Waals surface area contributed by atoms with Crippen molar-refractivity contribution in [2.45, 2.75) is 11.8 Å². The molecular weight excluding hydrogens is 383 g/mol. The van der Waals surface area contributed by atoms with Gasteiger partial charge in [0.25, 0.3) is 0 Å². The van der Waals surface area contributed by atoms with Gasteiger partial charge in [0.05, 0.1) is 11.9 Å². The van der Waals surface area contributed by atoms with Gasteiger partial charge < -0.3 is 4.74 Å². The average molecular weight is 394 g/mol. The fourth-order valence-electron chi connectivity index (χ4n) is 1.67. The highest BCUT2D eigenvalue weighted by Gasteiger charge is 2.17. The van der Waals surface area contributed by atoms with Gasteiger partial charge in [-0.25, -0.2) is 4.39 Å². The molecule has 0 radical (unpaired) electrons. The molecule has 1 atom stereocenters. The van der Waals surface area contributed by atoms with Gasteiger partial charge in [0.15, 0.2) is 11.6 Å². The van der Waals surface area contributed by atoms with E-state index >= 15 is 0 Å². The average Bonchev–Trinajstić information content (AvgIpc) is 2.67. The van der Waals surface area contributed by atoms with Gasteiger partial charge in [0.2, 0.25) is 0 Å². The second-order valence-electron chi connectivity index (χ2n) is 3.83. The van der Waals surface area contributed by atoms with Crippen LogP contribution in [0.15, 0.2) is 28.7 Å². The van der Waals surface area contributed by atoms with Crippen LogP contribution in [-0.4, -0.2) is 7.11 Å². The summed E-state index contributed by atoms with van der Waals surface area (Å²) >= 11 is 8.82. The summed E-state index contributed by atoms with van der Waals surface area (Å²) in [5, 5.41) is 0. The minimum absolute atomic E-state index is 0.0222. The molecule has 0 spiro atoms. The molecule has 96 valence electrons. The largest absolute Gasteiger partial charge is 0.494 e. The Morgan fingerprint density at radius 1 is 1.33 bits per heavy atom. The number of halogens is 3. The number of aryl methyl sites for hydroxylation is 1. The highest BCUT2D eigenvalue weighted by atomic mass is 79.9. The van der Waals surface area contributed by atoms with E-state index in [1.165, 1.54) is 18.1 Å². The molecule has 0 aliphatic rings. The highest BCUT2D eigenvalue weighted by Crippen LogP contribution is 2.41. The molecule has 0 fully saturated rings. The summed E-state index contributed by atoms with van der Waals surface area (Å²) in [5.41, 5.74) is 0.871. The molecule has 0 N–H and O–H groups in total. The molecule has 1 aromatic heterocycles. The van der Waals surface area contributed by atoms with E-state index < -0.39 is 0 Å². The fraction of sp³-hybridized carbons (Fsp3) is 0.231. The van der Waals surface area contributed by atoms with E-state index in [0.717, 1.165) is 14.9 Å². The van der Waals surface area contributed by atoms with Crippen LogP contribution in [0.25, 0.3) is 0 Å². The standard InChI is InChI=1S/C13H11Br2FOS/c1-7-5-9(14)13(18-7)12(15)8-3-4-11(17-2)10(16)6-8/h3-6,12H,1-2H3. The fourth-order valence-corrected chi connectivity index (χ4v) is 4.67. The third kappa shape index (κ3) is 2.78. The molecule has 1 unspecified atom stereocenters. The first-order valence-corrected chi connectivity index (χ1v) is 7.78. The Bertz CT molecular complexity index is 568. The van der Waals surface area contributed by atoms with E-state index in [2.05, 4.69) is 37.9 Å². The molecule has 1 nitrogen and oxygen atoms in total. The van der Waals surface area contributed by atoms with Crippen molar-refractivity contribution in [1.29, 1.82) is 0 Å². The minimum Gasteiger partial charge on any atom is -0.494 e. The lowest BCUT2D eigenvalue weighted by molar-refractivity contribution is 0.386. The first kappa shape index (κ1) is 14.0. The number of alkyl halides is 1. The molecule has 1 heterocycles. The second-order valence-corrected chi connectivity index (χ2v) is 6.88. The maximum absolute atomic E-state index is 13.7. The van der Waals surface area contributed by atoms with E-state index in [1.807, 2.05) is 13.0 Å². The number of rotatable bonds is 3. The minimum atomic E-state index is -0.344. The summed E-state index contributed by atoms with van der Waals surface area (Å²) in [6.45, 7) is 2.05. The zero-order chi connectivity index (χ0) is 13.3. The van der Waals surface area contributed by atoms with Crippen LogP contribution in [-0.2, 0) is 0 Å². The maximum atomic E-state index is 13.7. The van der Waals surface area contributed by atoms with Crippen LogP contribution in [0, 0.1) is 12.7 Å². The predicted octanol–water partition coefficient (Wildman–Crippen LogP) is 5.45. The SMILES string of the molecule is COc1ccc(C(Br)c2sc(C)cc2Br)cc1F. The second kappa shape index (κ2) is 5.72. The summed E-state index contributed by atoms with van der Waals surface area (Å²) in [6, 6.07) is 7.07. The van der Waals surface area contributed by atoms with Gasteiger partial charge in [-0.1, -0.05) is 22.0 Å². The maximum Gasteiger partial charge on any atom is 0.165 e. The van der Waals surface area contributed by atoms with Crippen molar-refractivity contribution >= 4 is 43.2 Å². The van der Waals surface area contributed by atoms with E-state index in [-0.39, 0.29) is 16.4 Å². The van der Waals surface area contributed by atoms with Crippen molar-refractivity contribution < 1.29 is 9.13 Å². The van der Waals surface area contributed by atoms with E-state index in [4.69, 9.17) is 4.74 Å². The lowest BCUT2D eigenvalue weighted by atomic mass is 10.1. The van der Waals surface area contributed by atoms with Crippen LogP contribution in [0.3, 0.4) is 0 Å². The van der Waals surface area contributed by atoms with E-state index in [9.17, 15) is 4.39 Å². The van der Waals surface area contributed by atoms with Gasteiger partial charge in [-0.15, -0.1) is 11.3 Å². The van der Waals surface area contributed by atoms with Crippen LogP contribution >= 0.6 is 43.2 Å². The molecule has 18 heavy (non-hydrogen) atoms. The Morgan fingerprint density at radius 2 is 2.06 bits per heavy atom. The van der Waals surface area contributed by atoms with Crippen molar-refractivity contribution in [2.75, 3.05) is 7.11 Å². The molecule has 0 saturated heterocycles. The van der Waals surface area contributed by atoms with E-state index in [1.54, 1.807) is 17.4 Å². The third-order valence-electron chi connectivity index (χ3n) is 2.54. The van der Waals surface area contributed by atoms with Gasteiger partial charge in [-0.2, -0.15) is 0 Å². The van der Waals surface area contributed by atoms with Crippen molar-refractivity contribution in [1.82, 2.24) is 0 Å². The topological polar surface area (TPSA) is 9.23 Å². The number of thiophene rings is 1. The first-order chi connectivity index (χ1) is 8.52. The molecular formula is C13H11Br2FOS. The van der Waals surface area contributed by atoms with E-state index in [0.29, 0.717) is 0 Å². The van der Waals surface area contributed by atoms with Gasteiger partial charge in [-0.05, 0) is 46.6 Å². The number of ether oxygens (including phenoxy) is 1. The smallest absolute Gasteiger partial charge is 0.165 e. The number of methoxy groups -OCH3 is 1. The van der Waals surface area contributed by atoms with Crippen molar-refractivity contribution in [3.63, 3.8) is 0 Å². The molecule has 0 aliphatic heterocycles.